The summed E-state index contributed by atoms with van der Waals surface area (Å²) in [4.78, 5) is 0. The lowest BCUT2D eigenvalue weighted by Crippen LogP contribution is -2.18. The highest BCUT2D eigenvalue weighted by Crippen LogP contribution is 2.39. The maximum Gasteiger partial charge on any atom is 0.0603 e. The van der Waals surface area contributed by atoms with Crippen LogP contribution in [0.1, 0.15) is 39.5 Å². The summed E-state index contributed by atoms with van der Waals surface area (Å²) in [6.07, 6.45) is 4.66. The maximum absolute atomic E-state index is 8.76. The zero-order valence-electron chi connectivity index (χ0n) is 8.18. The van der Waals surface area contributed by atoms with E-state index >= 15 is 0 Å². The quantitative estimate of drug-likeness (QED) is 0.702. The fourth-order valence-corrected chi connectivity index (χ4v) is 1.97. The van der Waals surface area contributed by atoms with E-state index in [2.05, 4.69) is 13.8 Å². The van der Waals surface area contributed by atoms with Gasteiger partial charge in [-0.15, -0.1) is 0 Å². The average Bonchev–Trinajstić information content (AvgIpc) is 2.50. The Bertz CT molecular complexity index is 130. The zero-order chi connectivity index (χ0) is 9.03. The number of hydrogen-bond acceptors (Lipinski definition) is 2. The van der Waals surface area contributed by atoms with Crippen LogP contribution in [-0.4, -0.2) is 24.4 Å². The summed E-state index contributed by atoms with van der Waals surface area (Å²) in [6, 6.07) is 0. The first-order valence-electron chi connectivity index (χ1n) is 4.99. The van der Waals surface area contributed by atoms with Gasteiger partial charge in [0, 0.05) is 6.61 Å². The van der Waals surface area contributed by atoms with Crippen LogP contribution < -0.4 is 0 Å². The third kappa shape index (κ3) is 1.99. The molecule has 1 unspecified atom stereocenters. The highest BCUT2D eigenvalue weighted by atomic mass is 16.5. The molecule has 1 heterocycles. The van der Waals surface area contributed by atoms with Crippen LogP contribution in [0.15, 0.2) is 0 Å². The fourth-order valence-electron chi connectivity index (χ4n) is 1.97. The van der Waals surface area contributed by atoms with E-state index in [1.54, 1.807) is 0 Å². The third-order valence-electron chi connectivity index (χ3n) is 3.24. The van der Waals surface area contributed by atoms with Gasteiger partial charge in [0.15, 0.2) is 0 Å². The SMILES string of the molecule is CCC1(CC)COC(CCO)C1. The van der Waals surface area contributed by atoms with E-state index in [1.807, 2.05) is 0 Å². The van der Waals surface area contributed by atoms with Crippen LogP contribution >= 0.6 is 0 Å². The lowest BCUT2D eigenvalue weighted by Gasteiger charge is -2.23. The minimum absolute atomic E-state index is 0.258. The number of aliphatic hydroxyl groups is 1. The number of hydrogen-bond donors (Lipinski definition) is 1. The van der Waals surface area contributed by atoms with Crippen molar-refractivity contribution in [1.82, 2.24) is 0 Å². The Hall–Kier alpha value is -0.0800. The fraction of sp³-hybridized carbons (Fsp3) is 1.00. The molecule has 0 aliphatic carbocycles. The van der Waals surface area contributed by atoms with Crippen LogP contribution in [0, 0.1) is 5.41 Å². The molecule has 2 nitrogen and oxygen atoms in total. The molecule has 1 atom stereocenters. The molecule has 1 fully saturated rings. The van der Waals surface area contributed by atoms with Crippen molar-refractivity contribution in [2.75, 3.05) is 13.2 Å². The maximum atomic E-state index is 8.76. The summed E-state index contributed by atoms with van der Waals surface area (Å²) in [7, 11) is 0. The number of aliphatic hydroxyl groups excluding tert-OH is 1. The van der Waals surface area contributed by atoms with Crippen molar-refractivity contribution in [1.29, 1.82) is 0 Å². The number of rotatable bonds is 4. The minimum atomic E-state index is 0.258. The Balaban J connectivity index is 2.41. The van der Waals surface area contributed by atoms with Gasteiger partial charge in [-0.3, -0.25) is 0 Å². The molecule has 72 valence electrons. The molecule has 1 rings (SSSR count). The molecule has 1 aliphatic rings. The topological polar surface area (TPSA) is 29.5 Å². The predicted octanol–water partition coefficient (Wildman–Crippen LogP) is 1.96. The van der Waals surface area contributed by atoms with E-state index in [4.69, 9.17) is 9.84 Å². The summed E-state index contributed by atoms with van der Waals surface area (Å²) in [6.45, 7) is 5.61. The van der Waals surface area contributed by atoms with Crippen molar-refractivity contribution in [3.05, 3.63) is 0 Å². The van der Waals surface area contributed by atoms with Crippen LogP contribution in [-0.2, 0) is 4.74 Å². The summed E-state index contributed by atoms with van der Waals surface area (Å²) in [5.41, 5.74) is 0.417. The van der Waals surface area contributed by atoms with Crippen LogP contribution in [0.3, 0.4) is 0 Å². The molecule has 0 aromatic carbocycles. The monoisotopic (exact) mass is 172 g/mol. The molecular weight excluding hydrogens is 152 g/mol. The zero-order valence-corrected chi connectivity index (χ0v) is 8.18. The summed E-state index contributed by atoms with van der Waals surface area (Å²) in [5, 5.41) is 8.76. The van der Waals surface area contributed by atoms with Gasteiger partial charge in [-0.05, 0) is 31.1 Å². The highest BCUT2D eigenvalue weighted by molar-refractivity contribution is 4.85. The minimum Gasteiger partial charge on any atom is -0.396 e. The molecule has 0 spiro atoms. The second-order valence-electron chi connectivity index (χ2n) is 3.86. The van der Waals surface area contributed by atoms with Gasteiger partial charge < -0.3 is 9.84 Å². The van der Waals surface area contributed by atoms with Crippen molar-refractivity contribution in [2.45, 2.75) is 45.6 Å². The van der Waals surface area contributed by atoms with Crippen LogP contribution in [0.5, 0.6) is 0 Å². The largest absolute Gasteiger partial charge is 0.396 e. The Morgan fingerprint density at radius 3 is 2.50 bits per heavy atom. The molecule has 0 aromatic heterocycles. The first kappa shape index (κ1) is 10.0. The second kappa shape index (κ2) is 4.24. The van der Waals surface area contributed by atoms with Crippen molar-refractivity contribution in [3.63, 3.8) is 0 Å². The predicted molar refractivity (Wildman–Crippen MR) is 49.1 cm³/mol. The van der Waals surface area contributed by atoms with Crippen LogP contribution in [0.2, 0.25) is 0 Å². The first-order valence-corrected chi connectivity index (χ1v) is 4.99. The van der Waals surface area contributed by atoms with Gasteiger partial charge in [-0.1, -0.05) is 13.8 Å². The molecule has 0 bridgehead atoms. The lowest BCUT2D eigenvalue weighted by molar-refractivity contribution is 0.0750. The molecule has 12 heavy (non-hydrogen) atoms. The van der Waals surface area contributed by atoms with Crippen LogP contribution in [0.4, 0.5) is 0 Å². The van der Waals surface area contributed by atoms with Gasteiger partial charge >= 0.3 is 0 Å². The standard InChI is InChI=1S/C10H20O2/c1-3-10(4-2)7-9(5-6-11)12-8-10/h9,11H,3-8H2,1-2H3. The molecule has 1 aliphatic heterocycles. The van der Waals surface area contributed by atoms with Crippen LogP contribution in [0.25, 0.3) is 0 Å². The smallest absolute Gasteiger partial charge is 0.0603 e. The van der Waals surface area contributed by atoms with E-state index in [0.717, 1.165) is 19.4 Å². The Morgan fingerprint density at radius 1 is 1.42 bits per heavy atom. The van der Waals surface area contributed by atoms with Crippen molar-refractivity contribution in [2.24, 2.45) is 5.41 Å². The Labute approximate surface area is 74.9 Å². The van der Waals surface area contributed by atoms with Gasteiger partial charge in [0.25, 0.3) is 0 Å². The van der Waals surface area contributed by atoms with Crippen molar-refractivity contribution in [3.8, 4) is 0 Å². The van der Waals surface area contributed by atoms with Crippen molar-refractivity contribution >= 4 is 0 Å². The molecule has 0 amide bonds. The molecular formula is C10H20O2. The van der Waals surface area contributed by atoms with Gasteiger partial charge in [0.1, 0.15) is 0 Å². The summed E-state index contributed by atoms with van der Waals surface area (Å²) >= 11 is 0. The third-order valence-corrected chi connectivity index (χ3v) is 3.24. The van der Waals surface area contributed by atoms with Gasteiger partial charge in [0.2, 0.25) is 0 Å². The van der Waals surface area contributed by atoms with E-state index in [-0.39, 0.29) is 6.61 Å². The normalized spacial score (nSPS) is 27.8. The van der Waals surface area contributed by atoms with Gasteiger partial charge in [-0.2, -0.15) is 0 Å². The Morgan fingerprint density at radius 2 is 2.08 bits per heavy atom. The summed E-state index contributed by atoms with van der Waals surface area (Å²) < 4.78 is 5.63. The highest BCUT2D eigenvalue weighted by Gasteiger charge is 2.36. The molecule has 0 radical (unpaired) electrons. The number of ether oxygens (including phenoxy) is 1. The molecule has 1 saturated heterocycles. The first-order chi connectivity index (χ1) is 5.76. The summed E-state index contributed by atoms with van der Waals surface area (Å²) in [5.74, 6) is 0. The Kier molecular flexibility index (Phi) is 3.53. The molecule has 2 heteroatoms. The molecule has 1 N–H and O–H groups in total. The molecule has 0 saturated carbocycles. The average molecular weight is 172 g/mol. The van der Waals surface area contributed by atoms with E-state index in [9.17, 15) is 0 Å². The van der Waals surface area contributed by atoms with E-state index in [0.29, 0.717) is 11.5 Å². The van der Waals surface area contributed by atoms with Crippen molar-refractivity contribution < 1.29 is 9.84 Å². The molecule has 0 aromatic rings. The second-order valence-corrected chi connectivity index (χ2v) is 3.86. The van der Waals surface area contributed by atoms with E-state index in [1.165, 1.54) is 12.8 Å². The van der Waals surface area contributed by atoms with Gasteiger partial charge in [0.05, 0.1) is 12.7 Å². The lowest BCUT2D eigenvalue weighted by atomic mass is 9.80. The van der Waals surface area contributed by atoms with E-state index < -0.39 is 0 Å². The van der Waals surface area contributed by atoms with Gasteiger partial charge in [-0.25, -0.2) is 0 Å².